The molecule has 0 N–H and O–H groups in total. The van der Waals surface area contributed by atoms with Gasteiger partial charge >= 0.3 is 11.9 Å². The molecular formula is C20H18F5NO3S. The van der Waals surface area contributed by atoms with E-state index in [1.165, 1.54) is 17.0 Å². The molecule has 0 radical (unpaired) electrons. The van der Waals surface area contributed by atoms with Crippen LogP contribution in [0.5, 0.6) is 0 Å². The number of halogens is 5. The Bertz CT molecular complexity index is 1030. The third-order valence-corrected chi connectivity index (χ3v) is 6.44. The van der Waals surface area contributed by atoms with Crippen molar-refractivity contribution in [3.63, 3.8) is 0 Å². The van der Waals surface area contributed by atoms with Crippen LogP contribution in [0.2, 0.25) is 0 Å². The van der Waals surface area contributed by atoms with Crippen LogP contribution in [0.4, 0.5) is 27.6 Å². The maximum atomic E-state index is 13.1. The van der Waals surface area contributed by atoms with E-state index in [-0.39, 0.29) is 17.2 Å². The fourth-order valence-corrected chi connectivity index (χ4v) is 3.91. The van der Waals surface area contributed by atoms with E-state index in [2.05, 4.69) is 0 Å². The van der Waals surface area contributed by atoms with E-state index in [4.69, 9.17) is 0 Å². The number of sulfone groups is 1. The molecule has 30 heavy (non-hydrogen) atoms. The largest absolute Gasteiger partial charge is 0.416 e. The summed E-state index contributed by atoms with van der Waals surface area (Å²) >= 11 is 0. The Morgan fingerprint density at radius 3 is 2.17 bits per heavy atom. The molecule has 1 fully saturated rings. The average Bonchev–Trinajstić information content (AvgIpc) is 3.53. The Kier molecular flexibility index (Phi) is 5.90. The van der Waals surface area contributed by atoms with Gasteiger partial charge in [-0.1, -0.05) is 6.07 Å². The Balaban J connectivity index is 1.98. The minimum atomic E-state index is -4.82. The number of nitrogens with zero attached hydrogens (tertiary/aromatic N) is 1. The highest BCUT2D eigenvalue weighted by atomic mass is 32.2. The number of rotatable bonds is 6. The van der Waals surface area contributed by atoms with Crippen molar-refractivity contribution in [3.8, 4) is 0 Å². The van der Waals surface area contributed by atoms with Gasteiger partial charge in [0.25, 0.3) is 5.91 Å². The van der Waals surface area contributed by atoms with Crippen LogP contribution in [-0.2, 0) is 16.0 Å². The third kappa shape index (κ3) is 4.48. The number of alkyl halides is 5. The van der Waals surface area contributed by atoms with E-state index in [1.54, 1.807) is 6.92 Å². The van der Waals surface area contributed by atoms with Gasteiger partial charge in [0.2, 0.25) is 9.84 Å². The highest BCUT2D eigenvalue weighted by molar-refractivity contribution is 7.91. The molecule has 1 unspecified atom stereocenters. The molecule has 2 aromatic rings. The van der Waals surface area contributed by atoms with Gasteiger partial charge in [0.05, 0.1) is 10.5 Å². The molecule has 0 aromatic heterocycles. The maximum absolute atomic E-state index is 13.1. The Morgan fingerprint density at radius 2 is 1.67 bits per heavy atom. The van der Waals surface area contributed by atoms with Crippen LogP contribution in [0.3, 0.4) is 0 Å². The van der Waals surface area contributed by atoms with Gasteiger partial charge < -0.3 is 4.90 Å². The quantitative estimate of drug-likeness (QED) is 0.576. The summed E-state index contributed by atoms with van der Waals surface area (Å²) in [6, 6.07) is 7.92. The molecule has 0 aliphatic heterocycles. The lowest BCUT2D eigenvalue weighted by atomic mass is 10.1. The zero-order chi connectivity index (χ0) is 22.3. The number of carbonyl (C=O) groups is 1. The Hall–Kier alpha value is -2.49. The summed E-state index contributed by atoms with van der Waals surface area (Å²) in [5.74, 6) is -4.12. The minimum absolute atomic E-state index is 0.0203. The molecule has 1 aliphatic carbocycles. The highest BCUT2D eigenvalue weighted by Gasteiger charge is 2.37. The first-order valence-corrected chi connectivity index (χ1v) is 10.6. The van der Waals surface area contributed by atoms with Crippen molar-refractivity contribution in [1.82, 2.24) is 0 Å². The normalized spacial score (nSPS) is 15.8. The van der Waals surface area contributed by atoms with Crippen LogP contribution < -0.4 is 4.90 Å². The van der Waals surface area contributed by atoms with Gasteiger partial charge in [-0.05, 0) is 68.1 Å². The maximum Gasteiger partial charge on any atom is 0.416 e. The first kappa shape index (κ1) is 22.2. The number of hydrogen-bond acceptors (Lipinski definition) is 3. The second kappa shape index (κ2) is 7.98. The number of amides is 1. The van der Waals surface area contributed by atoms with Crippen LogP contribution >= 0.6 is 0 Å². The zero-order valence-corrected chi connectivity index (χ0v) is 16.6. The molecule has 2 aromatic carbocycles. The molecule has 162 valence electrons. The van der Waals surface area contributed by atoms with Crippen LogP contribution in [-0.4, -0.2) is 26.1 Å². The average molecular weight is 447 g/mol. The number of carbonyl (C=O) groups excluding carboxylic acids is 1. The van der Waals surface area contributed by atoms with Crippen molar-refractivity contribution < 1.29 is 35.2 Å². The van der Waals surface area contributed by atoms with E-state index >= 15 is 0 Å². The van der Waals surface area contributed by atoms with Crippen molar-refractivity contribution in [2.24, 2.45) is 5.92 Å². The Morgan fingerprint density at radius 1 is 1.07 bits per heavy atom. The number of anilines is 1. The first-order valence-electron chi connectivity index (χ1n) is 9.06. The van der Waals surface area contributed by atoms with E-state index in [9.17, 15) is 35.2 Å². The van der Waals surface area contributed by atoms with Gasteiger partial charge in [-0.15, -0.1) is 0 Å². The SMILES string of the molecule is CC(C1CC1)N(C(=O)c1ccc(S(=O)(=O)C(F)F)cc1)c1cccc(C(F)(F)F)c1. The second-order valence-electron chi connectivity index (χ2n) is 7.13. The lowest BCUT2D eigenvalue weighted by Gasteiger charge is -2.30. The topological polar surface area (TPSA) is 54.5 Å². The van der Waals surface area contributed by atoms with E-state index in [0.717, 1.165) is 49.2 Å². The van der Waals surface area contributed by atoms with E-state index in [1.807, 2.05) is 0 Å². The molecule has 0 bridgehead atoms. The molecule has 1 atom stereocenters. The Labute approximate surface area is 170 Å². The predicted molar refractivity (Wildman–Crippen MR) is 100 cm³/mol. The molecule has 0 saturated heterocycles. The van der Waals surface area contributed by atoms with Gasteiger partial charge in [0.1, 0.15) is 0 Å². The first-order chi connectivity index (χ1) is 13.9. The minimum Gasteiger partial charge on any atom is -0.305 e. The second-order valence-corrected chi connectivity index (χ2v) is 9.05. The molecule has 0 heterocycles. The molecule has 1 saturated carbocycles. The van der Waals surface area contributed by atoms with Gasteiger partial charge in [0, 0.05) is 17.3 Å². The lowest BCUT2D eigenvalue weighted by Crippen LogP contribution is -2.40. The van der Waals surface area contributed by atoms with Gasteiger partial charge in [-0.25, -0.2) is 8.42 Å². The van der Waals surface area contributed by atoms with Crippen molar-refractivity contribution >= 4 is 21.4 Å². The van der Waals surface area contributed by atoms with Gasteiger partial charge in [-0.3, -0.25) is 4.79 Å². The monoisotopic (exact) mass is 447 g/mol. The zero-order valence-electron chi connectivity index (χ0n) is 15.7. The van der Waals surface area contributed by atoms with Crippen molar-refractivity contribution in [3.05, 3.63) is 59.7 Å². The van der Waals surface area contributed by atoms with Crippen LogP contribution in [0, 0.1) is 5.92 Å². The summed E-state index contributed by atoms with van der Waals surface area (Å²) in [7, 11) is -4.82. The molecule has 3 rings (SSSR count). The summed E-state index contributed by atoms with van der Waals surface area (Å²) in [5, 5.41) is 0. The smallest absolute Gasteiger partial charge is 0.305 e. The molecule has 4 nitrogen and oxygen atoms in total. The number of benzene rings is 2. The van der Waals surface area contributed by atoms with Crippen LogP contribution in [0.25, 0.3) is 0 Å². The summed E-state index contributed by atoms with van der Waals surface area (Å²) in [6.07, 6.45) is -2.93. The van der Waals surface area contributed by atoms with Gasteiger partial charge in [-0.2, -0.15) is 22.0 Å². The fraction of sp³-hybridized carbons (Fsp3) is 0.350. The lowest BCUT2D eigenvalue weighted by molar-refractivity contribution is -0.137. The summed E-state index contributed by atoms with van der Waals surface area (Å²) in [5.41, 5.74) is -0.870. The molecule has 1 aliphatic rings. The molecular weight excluding hydrogens is 429 g/mol. The van der Waals surface area contributed by atoms with Gasteiger partial charge in [0.15, 0.2) is 0 Å². The molecule has 0 spiro atoms. The highest BCUT2D eigenvalue weighted by Crippen LogP contribution is 2.39. The van der Waals surface area contributed by atoms with E-state index < -0.39 is 44.2 Å². The summed E-state index contributed by atoms with van der Waals surface area (Å²) in [6.45, 7) is 1.73. The predicted octanol–water partition coefficient (Wildman–Crippen LogP) is 5.15. The van der Waals surface area contributed by atoms with Crippen molar-refractivity contribution in [2.45, 2.75) is 42.6 Å². The fourth-order valence-electron chi connectivity index (χ4n) is 3.19. The van der Waals surface area contributed by atoms with Crippen LogP contribution in [0.1, 0.15) is 35.7 Å². The third-order valence-electron chi connectivity index (χ3n) is 5.05. The molecule has 10 heteroatoms. The summed E-state index contributed by atoms with van der Waals surface area (Å²) < 4.78 is 87.9. The van der Waals surface area contributed by atoms with Crippen LogP contribution in [0.15, 0.2) is 53.4 Å². The standard InChI is InChI=1S/C20H18F5NO3S/c1-12(13-5-6-13)26(16-4-2-3-15(11-16)20(23,24)25)18(27)14-7-9-17(10-8-14)30(28,29)19(21)22/h2-4,7-13,19H,5-6H2,1H3. The van der Waals surface area contributed by atoms with Crippen molar-refractivity contribution in [1.29, 1.82) is 0 Å². The molecule has 1 amide bonds. The number of hydrogen-bond donors (Lipinski definition) is 0. The van der Waals surface area contributed by atoms with Crippen molar-refractivity contribution in [2.75, 3.05) is 4.90 Å². The summed E-state index contributed by atoms with van der Waals surface area (Å²) in [4.78, 5) is 13.7. The van der Waals surface area contributed by atoms with E-state index in [0.29, 0.717) is 0 Å².